The van der Waals surface area contributed by atoms with E-state index in [2.05, 4.69) is 71.3 Å². The number of benzene rings is 2. The third-order valence-corrected chi connectivity index (χ3v) is 9.30. The van der Waals surface area contributed by atoms with Gasteiger partial charge in [-0.1, -0.05) is 24.3 Å². The number of ether oxygens (including phenoxy) is 1. The molecule has 4 heterocycles. The maximum atomic E-state index is 6.16. The number of hydrogen-bond acceptors (Lipinski definition) is 6. The molecule has 0 bridgehead atoms. The van der Waals surface area contributed by atoms with Gasteiger partial charge in [0.15, 0.2) is 0 Å². The fourth-order valence-electron chi connectivity index (χ4n) is 5.89. The maximum Gasteiger partial charge on any atom is 0.213 e. The molecular formula is C34H42N4OS. The lowest BCUT2D eigenvalue weighted by atomic mass is 9.96. The van der Waals surface area contributed by atoms with Crippen molar-refractivity contribution in [2.24, 2.45) is 0 Å². The average molecular weight is 555 g/mol. The lowest BCUT2D eigenvalue weighted by Gasteiger charge is -2.17. The molecule has 5 nitrogen and oxygen atoms in total. The number of hydrogen-bond donors (Lipinski definition) is 1. The van der Waals surface area contributed by atoms with Gasteiger partial charge in [-0.05, 0) is 111 Å². The first-order valence-electron chi connectivity index (χ1n) is 14.6. The molecule has 6 rings (SSSR count). The molecule has 210 valence electrons. The number of aromatic nitrogens is 1. The van der Waals surface area contributed by atoms with Crippen LogP contribution in [0.3, 0.4) is 0 Å². The second-order valence-corrected chi connectivity index (χ2v) is 11.9. The monoisotopic (exact) mass is 554 g/mol. The summed E-state index contributed by atoms with van der Waals surface area (Å²) in [5, 5.41) is 1.28. The fraction of sp³-hybridized carbons (Fsp3) is 0.382. The summed E-state index contributed by atoms with van der Waals surface area (Å²) in [6, 6.07) is 17.5. The lowest BCUT2D eigenvalue weighted by molar-refractivity contribution is 0.232. The molecule has 0 saturated carbocycles. The first kappa shape index (κ1) is 28.3. The number of likely N-dealkylation sites (tertiary alicyclic amines) is 2. The Morgan fingerprint density at radius 2 is 1.68 bits per heavy atom. The van der Waals surface area contributed by atoms with Crippen LogP contribution in [0.4, 0.5) is 5.69 Å². The number of anilines is 1. The molecule has 40 heavy (non-hydrogen) atoms. The number of fused-ring (bicyclic) bond motifs is 1. The number of nitrogen functional groups attached to an aromatic ring is 1. The highest BCUT2D eigenvalue weighted by molar-refractivity contribution is 7.22. The van der Waals surface area contributed by atoms with E-state index in [0.717, 1.165) is 30.8 Å². The van der Waals surface area contributed by atoms with Gasteiger partial charge in [-0.15, -0.1) is 24.5 Å². The summed E-state index contributed by atoms with van der Waals surface area (Å²) in [6.07, 6.45) is 8.12. The minimum atomic E-state index is 0.687. The molecule has 0 unspecified atom stereocenters. The van der Waals surface area contributed by atoms with Crippen molar-refractivity contribution in [1.29, 1.82) is 0 Å². The average Bonchev–Trinajstić information content (AvgIpc) is 3.74. The van der Waals surface area contributed by atoms with Gasteiger partial charge in [0.25, 0.3) is 0 Å². The first-order chi connectivity index (χ1) is 19.6. The highest BCUT2D eigenvalue weighted by Crippen LogP contribution is 2.41. The summed E-state index contributed by atoms with van der Waals surface area (Å²) >= 11 is 1.81. The minimum absolute atomic E-state index is 0.687. The van der Waals surface area contributed by atoms with E-state index in [-0.39, 0.29) is 0 Å². The number of nitrogens with zero attached hydrogens (tertiary/aromatic N) is 3. The first-order valence-corrected chi connectivity index (χ1v) is 15.4. The largest absolute Gasteiger partial charge is 0.476 e. The van der Waals surface area contributed by atoms with Gasteiger partial charge in [0, 0.05) is 46.2 Å². The molecular weight excluding hydrogens is 512 g/mol. The van der Waals surface area contributed by atoms with Gasteiger partial charge in [-0.25, -0.2) is 4.98 Å². The number of rotatable bonds is 9. The SMILES string of the molecule is C=C.Cc1cc(Cc2c(-c3ccc(OCCN4CCCC4)nc3)sc3cc(N)ccc23)ccc1CN1CCCC1. The predicted molar refractivity (Wildman–Crippen MR) is 170 cm³/mol. The van der Waals surface area contributed by atoms with Crippen LogP contribution in [0.2, 0.25) is 0 Å². The van der Waals surface area contributed by atoms with E-state index < -0.39 is 0 Å². The Morgan fingerprint density at radius 3 is 2.38 bits per heavy atom. The van der Waals surface area contributed by atoms with Crippen LogP contribution < -0.4 is 10.5 Å². The minimum Gasteiger partial charge on any atom is -0.476 e. The van der Waals surface area contributed by atoms with Gasteiger partial charge >= 0.3 is 0 Å². The summed E-state index contributed by atoms with van der Waals surface area (Å²) in [7, 11) is 0. The molecule has 2 aliphatic rings. The van der Waals surface area contributed by atoms with Crippen molar-refractivity contribution in [3.8, 4) is 16.3 Å². The van der Waals surface area contributed by atoms with Crippen molar-refractivity contribution in [2.75, 3.05) is 45.1 Å². The zero-order chi connectivity index (χ0) is 27.9. The van der Waals surface area contributed by atoms with Crippen molar-refractivity contribution in [1.82, 2.24) is 14.8 Å². The highest BCUT2D eigenvalue weighted by atomic mass is 32.1. The number of thiophene rings is 1. The van der Waals surface area contributed by atoms with E-state index in [1.165, 1.54) is 89.1 Å². The van der Waals surface area contributed by atoms with Crippen molar-refractivity contribution in [3.05, 3.63) is 90.1 Å². The van der Waals surface area contributed by atoms with Crippen LogP contribution in [0.25, 0.3) is 20.5 Å². The molecule has 2 aromatic heterocycles. The summed E-state index contributed by atoms with van der Waals surface area (Å²) < 4.78 is 7.19. The molecule has 6 heteroatoms. The third-order valence-electron chi connectivity index (χ3n) is 8.05. The van der Waals surface area contributed by atoms with Gasteiger partial charge in [0.05, 0.1) is 0 Å². The van der Waals surface area contributed by atoms with E-state index >= 15 is 0 Å². The molecule has 4 aromatic rings. The van der Waals surface area contributed by atoms with Gasteiger partial charge in [0.1, 0.15) is 6.61 Å². The van der Waals surface area contributed by atoms with Gasteiger partial charge in [-0.2, -0.15) is 0 Å². The molecule has 0 aliphatic carbocycles. The maximum absolute atomic E-state index is 6.16. The van der Waals surface area contributed by atoms with Gasteiger partial charge in [-0.3, -0.25) is 9.80 Å². The Balaban J connectivity index is 0.00000158. The normalized spacial score (nSPS) is 15.8. The second kappa shape index (κ2) is 13.4. The molecule has 2 aliphatic heterocycles. The number of pyridine rings is 1. The van der Waals surface area contributed by atoms with Gasteiger partial charge < -0.3 is 10.5 Å². The Bertz CT molecular complexity index is 1400. The zero-order valence-electron chi connectivity index (χ0n) is 23.8. The molecule has 2 aromatic carbocycles. The molecule has 2 saturated heterocycles. The van der Waals surface area contributed by atoms with Crippen LogP contribution in [0.1, 0.15) is 47.9 Å². The van der Waals surface area contributed by atoms with E-state index in [1.54, 1.807) is 11.3 Å². The summed E-state index contributed by atoms with van der Waals surface area (Å²) in [6.45, 7) is 15.8. The number of nitrogens with two attached hydrogens (primary N) is 1. The third kappa shape index (κ3) is 6.74. The molecule has 2 fully saturated rings. The van der Waals surface area contributed by atoms with E-state index in [1.807, 2.05) is 18.3 Å². The molecule has 0 atom stereocenters. The van der Waals surface area contributed by atoms with Crippen LogP contribution in [0.15, 0.2) is 67.9 Å². The van der Waals surface area contributed by atoms with E-state index in [0.29, 0.717) is 12.5 Å². The zero-order valence-corrected chi connectivity index (χ0v) is 24.6. The van der Waals surface area contributed by atoms with Crippen molar-refractivity contribution < 1.29 is 4.74 Å². The van der Waals surface area contributed by atoms with Crippen LogP contribution in [-0.2, 0) is 13.0 Å². The highest BCUT2D eigenvalue weighted by Gasteiger charge is 2.17. The Kier molecular flexibility index (Phi) is 9.53. The smallest absolute Gasteiger partial charge is 0.213 e. The van der Waals surface area contributed by atoms with E-state index in [4.69, 9.17) is 10.5 Å². The molecule has 0 amide bonds. The molecule has 0 radical (unpaired) electrons. The van der Waals surface area contributed by atoms with Crippen LogP contribution in [-0.4, -0.2) is 54.1 Å². The van der Waals surface area contributed by atoms with Crippen LogP contribution >= 0.6 is 11.3 Å². The predicted octanol–water partition coefficient (Wildman–Crippen LogP) is 7.32. The standard InChI is InChI=1S/C32H38N4OS.C2H4/c1-23-18-24(6-7-26(23)22-36-14-4-5-15-36)19-29-28-10-9-27(33)20-30(28)38-32(29)25-8-11-31(34-21-25)37-17-16-35-12-2-3-13-35;1-2/h6-11,18,20-21H,2-5,12-17,19,22,33H2,1H3;1-2H2. The Morgan fingerprint density at radius 1 is 0.925 bits per heavy atom. The summed E-state index contributed by atoms with van der Waals surface area (Å²) in [5.74, 6) is 0.698. The van der Waals surface area contributed by atoms with Crippen molar-refractivity contribution in [3.63, 3.8) is 0 Å². The lowest BCUT2D eigenvalue weighted by Crippen LogP contribution is -2.25. The number of aryl methyl sites for hydroxylation is 1. The van der Waals surface area contributed by atoms with Crippen molar-refractivity contribution >= 4 is 27.1 Å². The second-order valence-electron chi connectivity index (χ2n) is 10.9. The van der Waals surface area contributed by atoms with Crippen LogP contribution in [0.5, 0.6) is 5.88 Å². The van der Waals surface area contributed by atoms with Crippen molar-refractivity contribution in [2.45, 2.75) is 45.6 Å². The fourth-order valence-corrected chi connectivity index (χ4v) is 7.15. The van der Waals surface area contributed by atoms with E-state index in [9.17, 15) is 0 Å². The molecule has 2 N–H and O–H groups in total. The Hall–Kier alpha value is -3.19. The summed E-state index contributed by atoms with van der Waals surface area (Å²) in [4.78, 5) is 11.0. The van der Waals surface area contributed by atoms with Crippen LogP contribution in [0, 0.1) is 6.92 Å². The summed E-state index contributed by atoms with van der Waals surface area (Å²) in [5.41, 5.74) is 13.6. The Labute approximate surface area is 243 Å². The topological polar surface area (TPSA) is 54.6 Å². The van der Waals surface area contributed by atoms with Gasteiger partial charge in [0.2, 0.25) is 5.88 Å². The molecule has 0 spiro atoms. The quantitative estimate of drug-likeness (QED) is 0.174.